The third-order valence-corrected chi connectivity index (χ3v) is 3.91. The van der Waals surface area contributed by atoms with Crippen LogP contribution in [-0.2, 0) is 9.59 Å². The van der Waals surface area contributed by atoms with Crippen molar-refractivity contribution in [3.05, 3.63) is 81.6 Å². The predicted octanol–water partition coefficient (Wildman–Crippen LogP) is 3.60. The number of rotatable bonds is 5. The van der Waals surface area contributed by atoms with Gasteiger partial charge in [0.2, 0.25) is 0 Å². The Bertz CT molecular complexity index is 1070. The molecule has 0 aliphatic rings. The summed E-state index contributed by atoms with van der Waals surface area (Å²) < 4.78 is 5.54. The highest BCUT2D eigenvalue weighted by atomic mass is 35.5. The molecule has 0 spiro atoms. The first-order chi connectivity index (χ1) is 13.9. The lowest BCUT2D eigenvalue weighted by atomic mass is 10.1. The fourth-order valence-electron chi connectivity index (χ4n) is 2.25. The van der Waals surface area contributed by atoms with Crippen LogP contribution in [0.5, 0.6) is 0 Å². The summed E-state index contributed by atoms with van der Waals surface area (Å²) in [6, 6.07) is 15.4. The second-order valence-corrected chi connectivity index (χ2v) is 6.10. The Kier molecular flexibility index (Phi) is 6.00. The monoisotopic (exact) mass is 412 g/mol. The Labute approximate surface area is 169 Å². The fraction of sp³-hybridized carbons (Fsp3) is 0. The summed E-state index contributed by atoms with van der Waals surface area (Å²) in [5.41, 5.74) is 3.12. The molecule has 0 fully saturated rings. The van der Waals surface area contributed by atoms with Crippen molar-refractivity contribution < 1.29 is 18.9 Å². The summed E-state index contributed by atoms with van der Waals surface area (Å²) in [6.45, 7) is 0. The van der Waals surface area contributed by atoms with Gasteiger partial charge in [0.05, 0.1) is 11.1 Å². The van der Waals surface area contributed by atoms with Gasteiger partial charge in [-0.3, -0.25) is 19.7 Å². The van der Waals surface area contributed by atoms with E-state index in [2.05, 4.69) is 15.8 Å². The van der Waals surface area contributed by atoms with Crippen molar-refractivity contribution in [3.63, 3.8) is 0 Å². The number of furan rings is 1. The summed E-state index contributed by atoms with van der Waals surface area (Å²) in [6.07, 6.45) is 1.22. The van der Waals surface area contributed by atoms with Crippen LogP contribution in [0.3, 0.4) is 0 Å². The molecule has 0 aliphatic carbocycles. The molecular weight excluding hydrogens is 400 g/mol. The maximum absolute atomic E-state index is 11.8. The van der Waals surface area contributed by atoms with Crippen molar-refractivity contribution in [2.45, 2.75) is 0 Å². The summed E-state index contributed by atoms with van der Waals surface area (Å²) in [7, 11) is 0. The minimum absolute atomic E-state index is 0.0262. The maximum Gasteiger partial charge on any atom is 0.329 e. The van der Waals surface area contributed by atoms with E-state index in [1.54, 1.807) is 48.5 Å². The Morgan fingerprint density at radius 3 is 2.34 bits per heavy atom. The van der Waals surface area contributed by atoms with Crippen LogP contribution >= 0.6 is 11.6 Å². The largest absolute Gasteiger partial charge is 0.455 e. The second kappa shape index (κ2) is 8.81. The maximum atomic E-state index is 11.8. The van der Waals surface area contributed by atoms with E-state index in [-0.39, 0.29) is 5.69 Å². The predicted molar refractivity (Wildman–Crippen MR) is 107 cm³/mol. The van der Waals surface area contributed by atoms with Gasteiger partial charge in [-0.1, -0.05) is 11.6 Å². The molecule has 0 aliphatic heterocycles. The van der Waals surface area contributed by atoms with Crippen LogP contribution in [0, 0.1) is 10.1 Å². The summed E-state index contributed by atoms with van der Waals surface area (Å²) in [4.78, 5) is 33.8. The van der Waals surface area contributed by atoms with Gasteiger partial charge in [0.15, 0.2) is 0 Å². The fourth-order valence-corrected chi connectivity index (χ4v) is 2.38. The number of nitrogens with zero attached hydrogens (tertiary/aromatic N) is 2. The first kappa shape index (κ1) is 19.8. The molecule has 9 nitrogen and oxygen atoms in total. The molecule has 0 radical (unpaired) electrons. The number of hydrazone groups is 1. The van der Waals surface area contributed by atoms with Gasteiger partial charge < -0.3 is 9.73 Å². The molecule has 3 aromatic rings. The Balaban J connectivity index is 1.56. The summed E-state index contributed by atoms with van der Waals surface area (Å²) >= 11 is 5.75. The quantitative estimate of drug-likeness (QED) is 0.286. The molecule has 146 valence electrons. The van der Waals surface area contributed by atoms with E-state index in [1.165, 1.54) is 18.3 Å². The number of non-ortho nitro benzene ring substituents is 1. The Morgan fingerprint density at radius 1 is 1.00 bits per heavy atom. The van der Waals surface area contributed by atoms with Crippen LogP contribution in [0.1, 0.15) is 5.76 Å². The number of carbonyl (C=O) groups is 2. The van der Waals surface area contributed by atoms with E-state index < -0.39 is 16.7 Å². The van der Waals surface area contributed by atoms with Crippen molar-refractivity contribution in [2.75, 3.05) is 5.32 Å². The average molecular weight is 413 g/mol. The van der Waals surface area contributed by atoms with Crippen LogP contribution in [0.4, 0.5) is 11.4 Å². The third-order valence-electron chi connectivity index (χ3n) is 3.66. The van der Waals surface area contributed by atoms with Gasteiger partial charge in [-0.25, -0.2) is 5.43 Å². The molecule has 0 saturated heterocycles. The summed E-state index contributed by atoms with van der Waals surface area (Å²) in [5.74, 6) is -1.07. The highest BCUT2D eigenvalue weighted by molar-refractivity contribution is 6.39. The average Bonchev–Trinajstić information content (AvgIpc) is 3.18. The van der Waals surface area contributed by atoms with Crippen LogP contribution in [0.2, 0.25) is 5.02 Å². The first-order valence-corrected chi connectivity index (χ1v) is 8.55. The van der Waals surface area contributed by atoms with Gasteiger partial charge in [0.1, 0.15) is 11.5 Å². The molecule has 29 heavy (non-hydrogen) atoms. The van der Waals surface area contributed by atoms with E-state index in [1.807, 2.05) is 0 Å². The number of anilines is 1. The highest BCUT2D eigenvalue weighted by Crippen LogP contribution is 2.24. The van der Waals surface area contributed by atoms with Gasteiger partial charge >= 0.3 is 11.8 Å². The number of nitro benzene ring substituents is 1. The Hall–Kier alpha value is -3.98. The molecule has 1 heterocycles. The lowest BCUT2D eigenvalue weighted by molar-refractivity contribution is -0.384. The number of nitrogens with one attached hydrogen (secondary N) is 2. The zero-order valence-corrected chi connectivity index (χ0v) is 15.4. The smallest absolute Gasteiger partial charge is 0.329 e. The lowest BCUT2D eigenvalue weighted by Gasteiger charge is -2.03. The molecule has 1 aromatic heterocycles. The minimum Gasteiger partial charge on any atom is -0.455 e. The molecule has 3 rings (SSSR count). The van der Waals surface area contributed by atoms with E-state index in [4.69, 9.17) is 16.0 Å². The van der Waals surface area contributed by atoms with Crippen molar-refractivity contribution in [3.8, 4) is 11.3 Å². The number of hydrogen-bond donors (Lipinski definition) is 2. The van der Waals surface area contributed by atoms with Gasteiger partial charge in [0, 0.05) is 28.4 Å². The van der Waals surface area contributed by atoms with Crippen molar-refractivity contribution >= 4 is 41.0 Å². The van der Waals surface area contributed by atoms with Crippen molar-refractivity contribution in [1.82, 2.24) is 5.43 Å². The van der Waals surface area contributed by atoms with Gasteiger partial charge in [-0.05, 0) is 48.5 Å². The third kappa shape index (κ3) is 5.27. The molecule has 2 N–H and O–H groups in total. The van der Waals surface area contributed by atoms with E-state index >= 15 is 0 Å². The van der Waals surface area contributed by atoms with Gasteiger partial charge in [0.25, 0.3) is 5.69 Å². The molecular formula is C19H13ClN4O5. The van der Waals surface area contributed by atoms with E-state index in [0.29, 0.717) is 27.8 Å². The second-order valence-electron chi connectivity index (χ2n) is 5.67. The molecule has 10 heteroatoms. The zero-order valence-electron chi connectivity index (χ0n) is 14.7. The highest BCUT2D eigenvalue weighted by Gasteiger charge is 2.13. The lowest BCUT2D eigenvalue weighted by Crippen LogP contribution is -2.32. The van der Waals surface area contributed by atoms with Crippen LogP contribution < -0.4 is 10.7 Å². The van der Waals surface area contributed by atoms with E-state index in [9.17, 15) is 19.7 Å². The normalized spacial score (nSPS) is 10.7. The number of nitro groups is 1. The summed E-state index contributed by atoms with van der Waals surface area (Å²) in [5, 5.41) is 17.3. The number of hydrogen-bond acceptors (Lipinski definition) is 6. The molecule has 0 unspecified atom stereocenters. The molecule has 2 aromatic carbocycles. The van der Waals surface area contributed by atoms with Crippen molar-refractivity contribution in [1.29, 1.82) is 0 Å². The van der Waals surface area contributed by atoms with Crippen LogP contribution in [-0.4, -0.2) is 23.0 Å². The minimum atomic E-state index is -0.960. The zero-order chi connectivity index (χ0) is 20.8. The van der Waals surface area contributed by atoms with Gasteiger partial charge in [-0.15, -0.1) is 0 Å². The number of halogens is 1. The van der Waals surface area contributed by atoms with Crippen LogP contribution in [0.25, 0.3) is 11.3 Å². The molecule has 0 saturated carbocycles. The standard InChI is InChI=1S/C19H13ClN4O5/c20-13-3-5-14(6-4-13)22-18(25)19(26)23-21-11-16-9-10-17(29-16)12-1-7-15(8-2-12)24(27)28/h1-11H,(H,22,25)(H,23,26)/b21-11+. The van der Waals surface area contributed by atoms with Crippen LogP contribution in [0.15, 0.2) is 70.2 Å². The number of amides is 2. The molecule has 2 amide bonds. The molecule has 0 bridgehead atoms. The van der Waals surface area contributed by atoms with Crippen molar-refractivity contribution in [2.24, 2.45) is 5.10 Å². The SMILES string of the molecule is O=C(N/N=C/c1ccc(-c2ccc([N+](=O)[O-])cc2)o1)C(=O)Nc1ccc(Cl)cc1. The van der Waals surface area contributed by atoms with Gasteiger partial charge in [-0.2, -0.15) is 5.10 Å². The topological polar surface area (TPSA) is 127 Å². The number of carbonyl (C=O) groups excluding carboxylic acids is 2. The Morgan fingerprint density at radius 2 is 1.69 bits per heavy atom. The van der Waals surface area contributed by atoms with E-state index in [0.717, 1.165) is 0 Å². The number of benzene rings is 2. The molecule has 0 atom stereocenters. The first-order valence-electron chi connectivity index (χ1n) is 8.17.